The normalized spacial score (nSPS) is 32.2. The van der Waals surface area contributed by atoms with Crippen LogP contribution in [0.25, 0.3) is 0 Å². The van der Waals surface area contributed by atoms with E-state index in [0.29, 0.717) is 0 Å². The van der Waals surface area contributed by atoms with E-state index in [-0.39, 0.29) is 24.9 Å². The number of aliphatic hydroxyl groups excluding tert-OH is 2. The van der Waals surface area contributed by atoms with Gasteiger partial charge in [-0.05, 0) is 19.3 Å². The Morgan fingerprint density at radius 1 is 1.50 bits per heavy atom. The zero-order valence-electron chi connectivity index (χ0n) is 7.57. The fourth-order valence-electron chi connectivity index (χ4n) is 1.63. The van der Waals surface area contributed by atoms with Crippen molar-refractivity contribution in [3.63, 3.8) is 0 Å². The van der Waals surface area contributed by atoms with Crippen LogP contribution >= 0.6 is 0 Å². The molecule has 3 atom stereocenters. The molecule has 3 nitrogen and oxygen atoms in total. The molecule has 12 heavy (non-hydrogen) atoms. The van der Waals surface area contributed by atoms with Gasteiger partial charge in [0, 0.05) is 0 Å². The Balaban J connectivity index is 2.25. The van der Waals surface area contributed by atoms with Gasteiger partial charge in [-0.1, -0.05) is 13.3 Å². The van der Waals surface area contributed by atoms with Gasteiger partial charge in [0.2, 0.25) is 0 Å². The van der Waals surface area contributed by atoms with E-state index >= 15 is 0 Å². The Hall–Kier alpha value is -0.120. The van der Waals surface area contributed by atoms with Gasteiger partial charge in [0.25, 0.3) is 0 Å². The van der Waals surface area contributed by atoms with E-state index in [9.17, 15) is 5.11 Å². The van der Waals surface area contributed by atoms with E-state index in [4.69, 9.17) is 9.84 Å². The molecule has 0 aromatic heterocycles. The molecule has 0 spiro atoms. The molecule has 0 aromatic rings. The largest absolute Gasteiger partial charge is 0.394 e. The monoisotopic (exact) mass is 174 g/mol. The summed E-state index contributed by atoms with van der Waals surface area (Å²) in [5.74, 6) is 0. The van der Waals surface area contributed by atoms with Crippen molar-refractivity contribution in [3.05, 3.63) is 0 Å². The molecule has 1 aliphatic rings. The average Bonchev–Trinajstić information content (AvgIpc) is 2.52. The Bertz CT molecular complexity index is 127. The van der Waals surface area contributed by atoms with E-state index in [0.717, 1.165) is 25.7 Å². The second kappa shape index (κ2) is 4.80. The highest BCUT2D eigenvalue weighted by Gasteiger charge is 2.29. The number of hydrogen-bond donors (Lipinski definition) is 2. The van der Waals surface area contributed by atoms with Crippen LogP contribution in [0, 0.1) is 0 Å². The van der Waals surface area contributed by atoms with Crippen LogP contribution in [0.4, 0.5) is 0 Å². The molecule has 0 bridgehead atoms. The molecule has 0 saturated carbocycles. The van der Waals surface area contributed by atoms with Gasteiger partial charge >= 0.3 is 0 Å². The number of hydrogen-bond acceptors (Lipinski definition) is 3. The third kappa shape index (κ3) is 2.44. The van der Waals surface area contributed by atoms with E-state index in [1.165, 1.54) is 0 Å². The van der Waals surface area contributed by atoms with Gasteiger partial charge in [0.1, 0.15) is 0 Å². The van der Waals surface area contributed by atoms with Crippen LogP contribution in [0.2, 0.25) is 0 Å². The smallest absolute Gasteiger partial charge is 0.0839 e. The summed E-state index contributed by atoms with van der Waals surface area (Å²) in [5, 5.41) is 18.3. The maximum Gasteiger partial charge on any atom is 0.0839 e. The van der Waals surface area contributed by atoms with E-state index < -0.39 is 0 Å². The molecule has 1 aliphatic heterocycles. The second-order valence-corrected chi connectivity index (χ2v) is 3.41. The van der Waals surface area contributed by atoms with Crippen LogP contribution in [-0.2, 0) is 4.74 Å². The fourth-order valence-corrected chi connectivity index (χ4v) is 1.63. The van der Waals surface area contributed by atoms with Crippen LogP contribution in [0.1, 0.15) is 32.6 Å². The lowest BCUT2D eigenvalue weighted by atomic mass is 10.1. The number of ether oxygens (including phenoxy) is 1. The van der Waals surface area contributed by atoms with Crippen LogP contribution < -0.4 is 0 Å². The standard InChI is InChI=1S/C9H18O3/c1-2-3-8(11)9-5-4-7(6-10)12-9/h7-11H,2-6H2,1H3/t7-,8-,9-/m1/s1. The Kier molecular flexibility index (Phi) is 3.98. The molecule has 1 heterocycles. The third-order valence-corrected chi connectivity index (χ3v) is 2.36. The number of rotatable bonds is 4. The molecular formula is C9H18O3. The molecular weight excluding hydrogens is 156 g/mol. The van der Waals surface area contributed by atoms with Gasteiger partial charge in [-0.3, -0.25) is 0 Å². The predicted octanol–water partition coefficient (Wildman–Crippen LogP) is 0.687. The Morgan fingerprint density at radius 2 is 2.25 bits per heavy atom. The second-order valence-electron chi connectivity index (χ2n) is 3.41. The lowest BCUT2D eigenvalue weighted by molar-refractivity contribution is -0.0511. The first-order valence-corrected chi connectivity index (χ1v) is 4.72. The van der Waals surface area contributed by atoms with Crippen molar-refractivity contribution in [2.24, 2.45) is 0 Å². The molecule has 0 aromatic carbocycles. The quantitative estimate of drug-likeness (QED) is 0.659. The van der Waals surface area contributed by atoms with Crippen LogP contribution in [0.15, 0.2) is 0 Å². The fraction of sp³-hybridized carbons (Fsp3) is 1.00. The van der Waals surface area contributed by atoms with E-state index in [2.05, 4.69) is 0 Å². The topological polar surface area (TPSA) is 49.7 Å². The summed E-state index contributed by atoms with van der Waals surface area (Å²) in [6.45, 7) is 2.12. The summed E-state index contributed by atoms with van der Waals surface area (Å²) in [6, 6.07) is 0. The molecule has 1 saturated heterocycles. The molecule has 0 amide bonds. The molecule has 2 N–H and O–H groups in total. The molecule has 0 radical (unpaired) electrons. The maximum absolute atomic E-state index is 9.56. The summed E-state index contributed by atoms with van der Waals surface area (Å²) in [5.41, 5.74) is 0. The van der Waals surface area contributed by atoms with Gasteiger partial charge in [0.15, 0.2) is 0 Å². The SMILES string of the molecule is CCC[C@@H](O)[C@H]1CC[C@H](CO)O1. The average molecular weight is 174 g/mol. The highest BCUT2D eigenvalue weighted by molar-refractivity contribution is 4.78. The number of aliphatic hydroxyl groups is 2. The van der Waals surface area contributed by atoms with Gasteiger partial charge < -0.3 is 14.9 Å². The van der Waals surface area contributed by atoms with Gasteiger partial charge in [-0.2, -0.15) is 0 Å². The van der Waals surface area contributed by atoms with Crippen LogP contribution in [0.5, 0.6) is 0 Å². The van der Waals surface area contributed by atoms with Gasteiger partial charge in [-0.15, -0.1) is 0 Å². The molecule has 3 heteroatoms. The van der Waals surface area contributed by atoms with Crippen LogP contribution in [-0.4, -0.2) is 35.1 Å². The first kappa shape index (κ1) is 9.96. The molecule has 1 rings (SSSR count). The van der Waals surface area contributed by atoms with Crippen molar-refractivity contribution in [3.8, 4) is 0 Å². The minimum absolute atomic E-state index is 0.0397. The van der Waals surface area contributed by atoms with Crippen molar-refractivity contribution < 1.29 is 14.9 Å². The molecule has 1 fully saturated rings. The minimum atomic E-state index is -0.341. The Labute approximate surface area is 73.4 Å². The predicted molar refractivity (Wildman–Crippen MR) is 45.9 cm³/mol. The highest BCUT2D eigenvalue weighted by atomic mass is 16.5. The zero-order valence-corrected chi connectivity index (χ0v) is 7.57. The van der Waals surface area contributed by atoms with Crippen molar-refractivity contribution in [2.45, 2.75) is 50.9 Å². The lowest BCUT2D eigenvalue weighted by Crippen LogP contribution is -2.26. The third-order valence-electron chi connectivity index (χ3n) is 2.36. The first-order chi connectivity index (χ1) is 5.77. The van der Waals surface area contributed by atoms with E-state index in [1.54, 1.807) is 0 Å². The van der Waals surface area contributed by atoms with Crippen molar-refractivity contribution in [1.82, 2.24) is 0 Å². The molecule has 0 aliphatic carbocycles. The molecule has 72 valence electrons. The van der Waals surface area contributed by atoms with Gasteiger partial charge in [0.05, 0.1) is 24.9 Å². The van der Waals surface area contributed by atoms with Gasteiger partial charge in [-0.25, -0.2) is 0 Å². The first-order valence-electron chi connectivity index (χ1n) is 4.72. The minimum Gasteiger partial charge on any atom is -0.394 e. The summed E-state index contributed by atoms with van der Waals surface area (Å²) in [7, 11) is 0. The maximum atomic E-state index is 9.56. The Morgan fingerprint density at radius 3 is 2.75 bits per heavy atom. The molecule has 0 unspecified atom stereocenters. The van der Waals surface area contributed by atoms with Crippen molar-refractivity contribution >= 4 is 0 Å². The highest BCUT2D eigenvalue weighted by Crippen LogP contribution is 2.23. The summed E-state index contributed by atoms with van der Waals surface area (Å²) in [4.78, 5) is 0. The zero-order chi connectivity index (χ0) is 8.97. The van der Waals surface area contributed by atoms with E-state index in [1.807, 2.05) is 6.92 Å². The summed E-state index contributed by atoms with van der Waals surface area (Å²) >= 11 is 0. The van der Waals surface area contributed by atoms with Crippen molar-refractivity contribution in [2.75, 3.05) is 6.61 Å². The summed E-state index contributed by atoms with van der Waals surface area (Å²) < 4.78 is 5.42. The lowest BCUT2D eigenvalue weighted by Gasteiger charge is -2.17. The van der Waals surface area contributed by atoms with Crippen LogP contribution in [0.3, 0.4) is 0 Å². The van der Waals surface area contributed by atoms with Crippen molar-refractivity contribution in [1.29, 1.82) is 0 Å². The summed E-state index contributed by atoms with van der Waals surface area (Å²) in [6.07, 6.45) is 3.11.